The maximum Gasteiger partial charge on any atom is 0.0840 e. The summed E-state index contributed by atoms with van der Waals surface area (Å²) in [6.45, 7) is 10.2. The topological polar surface area (TPSA) is 20.2 Å². The molecular weight excluding hydrogens is 260 g/mol. The van der Waals surface area contributed by atoms with Crippen LogP contribution in [0.3, 0.4) is 0 Å². The Balaban J connectivity index is 1.91. The second kappa shape index (κ2) is 4.71. The largest absolute Gasteiger partial charge is 0.396 e. The Labute approximate surface area is 124 Å². The molecule has 3 fully saturated rings. The molecule has 1 N–H and O–H groups in total. The van der Waals surface area contributed by atoms with E-state index in [1.807, 2.05) is 0 Å². The number of rotatable bonds is 3. The molecule has 0 radical (unpaired) electrons. The molecule has 4 atom stereocenters. The third-order valence-corrected chi connectivity index (χ3v) is 11.1. The maximum absolute atomic E-state index is 10.0. The van der Waals surface area contributed by atoms with Crippen molar-refractivity contribution in [3.05, 3.63) is 30.3 Å². The van der Waals surface area contributed by atoms with Gasteiger partial charge in [0.15, 0.2) is 0 Å². The fraction of sp³-hybridized carbons (Fsp3) is 0.667. The van der Waals surface area contributed by atoms with Crippen LogP contribution in [0, 0.1) is 23.2 Å². The highest BCUT2D eigenvalue weighted by Gasteiger charge is 2.60. The monoisotopic (exact) mass is 288 g/mol. The molecule has 1 aromatic carbocycles. The first-order valence-corrected chi connectivity index (χ1v) is 11.1. The normalized spacial score (nSPS) is 35.5. The second-order valence-corrected chi connectivity index (χ2v) is 12.9. The van der Waals surface area contributed by atoms with Crippen LogP contribution in [0.4, 0.5) is 0 Å². The molecule has 110 valence electrons. The van der Waals surface area contributed by atoms with E-state index in [1.165, 1.54) is 12.8 Å². The van der Waals surface area contributed by atoms with Gasteiger partial charge in [-0.2, -0.15) is 0 Å². The van der Waals surface area contributed by atoms with Gasteiger partial charge < -0.3 is 5.11 Å². The van der Waals surface area contributed by atoms with Gasteiger partial charge in [0.05, 0.1) is 8.07 Å². The van der Waals surface area contributed by atoms with Gasteiger partial charge in [-0.15, -0.1) is 0 Å². The van der Waals surface area contributed by atoms with E-state index in [4.69, 9.17) is 0 Å². The van der Waals surface area contributed by atoms with Crippen molar-refractivity contribution in [1.82, 2.24) is 0 Å². The average Bonchev–Trinajstić information content (AvgIpc) is 2.47. The fourth-order valence-electron chi connectivity index (χ4n) is 5.11. The van der Waals surface area contributed by atoms with Crippen LogP contribution in [-0.4, -0.2) is 19.8 Å². The molecule has 2 heteroatoms. The Kier molecular flexibility index (Phi) is 3.37. The smallest absolute Gasteiger partial charge is 0.0840 e. The molecule has 20 heavy (non-hydrogen) atoms. The molecule has 2 bridgehead atoms. The minimum atomic E-state index is -1.50. The van der Waals surface area contributed by atoms with Crippen LogP contribution in [0.5, 0.6) is 0 Å². The van der Waals surface area contributed by atoms with Gasteiger partial charge in [0.1, 0.15) is 0 Å². The van der Waals surface area contributed by atoms with E-state index in [2.05, 4.69) is 57.3 Å². The van der Waals surface area contributed by atoms with Crippen molar-refractivity contribution in [1.29, 1.82) is 0 Å². The van der Waals surface area contributed by atoms with E-state index in [9.17, 15) is 5.11 Å². The van der Waals surface area contributed by atoms with Gasteiger partial charge in [-0.3, -0.25) is 0 Å². The quantitative estimate of drug-likeness (QED) is 0.842. The molecule has 1 nitrogen and oxygen atoms in total. The van der Waals surface area contributed by atoms with Gasteiger partial charge in [-0.05, 0) is 41.6 Å². The summed E-state index contributed by atoms with van der Waals surface area (Å²) in [6.07, 6.45) is 2.69. The van der Waals surface area contributed by atoms with E-state index in [0.717, 1.165) is 17.4 Å². The van der Waals surface area contributed by atoms with Gasteiger partial charge in [0, 0.05) is 6.61 Å². The predicted octanol–water partition coefficient (Wildman–Crippen LogP) is 3.65. The van der Waals surface area contributed by atoms with E-state index < -0.39 is 8.07 Å². The first-order valence-electron chi connectivity index (χ1n) is 8.05. The van der Waals surface area contributed by atoms with Crippen LogP contribution in [0.1, 0.15) is 26.7 Å². The van der Waals surface area contributed by atoms with Crippen LogP contribution in [-0.2, 0) is 0 Å². The molecule has 3 aliphatic carbocycles. The van der Waals surface area contributed by atoms with Gasteiger partial charge in [-0.1, -0.05) is 62.5 Å². The number of hydrogen-bond acceptors (Lipinski definition) is 1. The number of aliphatic hydroxyl groups is 1. The number of hydrogen-bond donors (Lipinski definition) is 1. The highest BCUT2D eigenvalue weighted by Crippen LogP contribution is 2.66. The summed E-state index contributed by atoms with van der Waals surface area (Å²) in [5, 5.41) is 11.6. The lowest BCUT2D eigenvalue weighted by Crippen LogP contribution is -2.61. The minimum Gasteiger partial charge on any atom is -0.396 e. The van der Waals surface area contributed by atoms with Gasteiger partial charge in [-0.25, -0.2) is 0 Å². The van der Waals surface area contributed by atoms with Crippen LogP contribution < -0.4 is 5.19 Å². The zero-order valence-electron chi connectivity index (χ0n) is 13.3. The average molecular weight is 289 g/mol. The van der Waals surface area contributed by atoms with Crippen LogP contribution in [0.25, 0.3) is 0 Å². The molecule has 3 aliphatic rings. The summed E-state index contributed by atoms with van der Waals surface area (Å²) in [5.74, 6) is 2.15. The zero-order chi connectivity index (χ0) is 14.5. The second-order valence-electron chi connectivity index (χ2n) is 8.14. The van der Waals surface area contributed by atoms with E-state index in [0.29, 0.717) is 17.9 Å². The fourth-order valence-corrected chi connectivity index (χ4v) is 8.87. The summed E-state index contributed by atoms with van der Waals surface area (Å²) in [7, 11) is -1.50. The molecule has 0 heterocycles. The predicted molar refractivity (Wildman–Crippen MR) is 87.9 cm³/mol. The Morgan fingerprint density at radius 3 is 2.35 bits per heavy atom. The molecule has 3 saturated carbocycles. The minimum absolute atomic E-state index is 0.384. The lowest BCUT2D eigenvalue weighted by molar-refractivity contribution is -0.117. The molecule has 0 aromatic heterocycles. The van der Waals surface area contributed by atoms with Crippen molar-refractivity contribution in [3.63, 3.8) is 0 Å². The first kappa shape index (κ1) is 14.3. The van der Waals surface area contributed by atoms with Gasteiger partial charge in [0.2, 0.25) is 0 Å². The number of benzene rings is 1. The number of aliphatic hydroxyl groups excluding tert-OH is 1. The lowest BCUT2D eigenvalue weighted by Gasteiger charge is -2.64. The Bertz CT molecular complexity index is 479. The van der Waals surface area contributed by atoms with Gasteiger partial charge >= 0.3 is 0 Å². The zero-order valence-corrected chi connectivity index (χ0v) is 14.3. The van der Waals surface area contributed by atoms with Crippen LogP contribution in [0.2, 0.25) is 18.6 Å². The molecular formula is C18H28OSi. The first-order chi connectivity index (χ1) is 9.39. The highest BCUT2D eigenvalue weighted by atomic mass is 28.3. The summed E-state index contributed by atoms with van der Waals surface area (Å²) in [4.78, 5) is 0. The molecule has 0 amide bonds. The SMILES string of the molecule is CC1(C)[C@@H]2C[C@H]1[C@@H](CO)[C@@H]([Si](C)(C)c1ccccc1)C2. The van der Waals surface area contributed by atoms with Crippen molar-refractivity contribution in [3.8, 4) is 0 Å². The summed E-state index contributed by atoms with van der Waals surface area (Å²) in [5.41, 5.74) is 1.21. The molecule has 1 aromatic rings. The highest BCUT2D eigenvalue weighted by molar-refractivity contribution is 6.91. The summed E-state index contributed by atoms with van der Waals surface area (Å²) >= 11 is 0. The molecule has 0 spiro atoms. The van der Waals surface area contributed by atoms with Gasteiger partial charge in [0.25, 0.3) is 0 Å². The Morgan fingerprint density at radius 2 is 1.80 bits per heavy atom. The van der Waals surface area contributed by atoms with Crippen molar-refractivity contribution in [2.75, 3.05) is 6.61 Å². The van der Waals surface area contributed by atoms with Crippen molar-refractivity contribution in [2.45, 2.75) is 45.3 Å². The third kappa shape index (κ3) is 1.92. The van der Waals surface area contributed by atoms with Crippen molar-refractivity contribution in [2.24, 2.45) is 23.2 Å². The van der Waals surface area contributed by atoms with Crippen LogP contribution in [0.15, 0.2) is 30.3 Å². The lowest BCUT2D eigenvalue weighted by atomic mass is 9.45. The molecule has 0 unspecified atom stereocenters. The van der Waals surface area contributed by atoms with Crippen molar-refractivity contribution >= 4 is 13.3 Å². The molecule has 0 saturated heterocycles. The number of fused-ring (bicyclic) bond motifs is 2. The Hall–Kier alpha value is -0.603. The summed E-state index contributed by atoms with van der Waals surface area (Å²) < 4.78 is 0. The standard InChI is InChI=1S/C18H28OSi/c1-18(2)13-10-16(18)15(12-19)17(11-13)20(3,4)14-8-6-5-7-9-14/h5-9,13,15-17,19H,10-12H2,1-4H3/t13-,15-,16+,17+/m1/s1. The van der Waals surface area contributed by atoms with Crippen LogP contribution >= 0.6 is 0 Å². The maximum atomic E-state index is 10.0. The molecule has 0 aliphatic heterocycles. The van der Waals surface area contributed by atoms with E-state index in [-0.39, 0.29) is 0 Å². The molecule has 4 rings (SSSR count). The third-order valence-electron chi connectivity index (χ3n) is 6.77. The van der Waals surface area contributed by atoms with Crippen molar-refractivity contribution < 1.29 is 5.11 Å². The summed E-state index contributed by atoms with van der Waals surface area (Å²) in [6, 6.07) is 11.1. The Morgan fingerprint density at radius 1 is 1.15 bits per heavy atom. The van der Waals surface area contributed by atoms with E-state index in [1.54, 1.807) is 5.19 Å². The van der Waals surface area contributed by atoms with E-state index >= 15 is 0 Å².